The number of hydrogen-bond acceptors (Lipinski definition) is 8. The van der Waals surface area contributed by atoms with Gasteiger partial charge in [0.25, 0.3) is 5.91 Å². The standard InChI is InChI=1S/C34H37N7O7/c1-19-12-27(39-48-19)33(46)40-17-28(21-8-4-3-5-9-21)38-31(44)20(2)36-32(45)29-14-23(42)16-41(29)34(47)26(37-30(43)18-40)13-22-15-35-25-11-7-6-10-24(22)25/h3-12,15,20,23,26,28-29,35,42H,13-14,16-18H2,1-2H3,(H,36,45)(H,37,43)(H,38,44)/t20-,23+,26+,28-,29-/m0/s1. The average molecular weight is 656 g/mol. The fourth-order valence-corrected chi connectivity index (χ4v) is 6.30. The summed E-state index contributed by atoms with van der Waals surface area (Å²) in [5, 5.41) is 23.7. The fourth-order valence-electron chi connectivity index (χ4n) is 6.30. The number of rotatable bonds is 4. The van der Waals surface area contributed by atoms with Crippen LogP contribution in [-0.4, -0.2) is 98.4 Å². The molecule has 5 atom stereocenters. The average Bonchev–Trinajstić information content (AvgIpc) is 3.81. The molecule has 14 nitrogen and oxygen atoms in total. The number of benzene rings is 2. The molecule has 2 fully saturated rings. The number of aliphatic hydroxyl groups is 1. The summed E-state index contributed by atoms with van der Waals surface area (Å²) in [5.74, 6) is -2.61. The van der Waals surface area contributed by atoms with Crippen LogP contribution in [0.3, 0.4) is 0 Å². The van der Waals surface area contributed by atoms with E-state index >= 15 is 0 Å². The number of H-pyrrole nitrogens is 1. The molecular weight excluding hydrogens is 618 g/mol. The number of carbonyl (C=O) groups excluding carboxylic acids is 5. The Morgan fingerprint density at radius 2 is 1.73 bits per heavy atom. The Balaban J connectivity index is 1.39. The number of aryl methyl sites for hydroxylation is 1. The first-order valence-electron chi connectivity index (χ1n) is 15.8. The lowest BCUT2D eigenvalue weighted by Gasteiger charge is -2.29. The first kappa shape index (κ1) is 32.4. The lowest BCUT2D eigenvalue weighted by atomic mass is 10.0. The summed E-state index contributed by atoms with van der Waals surface area (Å²) in [6.07, 6.45) is 0.800. The van der Waals surface area contributed by atoms with E-state index in [1.165, 1.54) is 22.8 Å². The highest BCUT2D eigenvalue weighted by Gasteiger charge is 2.43. The van der Waals surface area contributed by atoms with E-state index in [-0.39, 0.29) is 31.6 Å². The molecule has 2 aromatic carbocycles. The Kier molecular flexibility index (Phi) is 9.26. The predicted molar refractivity (Wildman–Crippen MR) is 172 cm³/mol. The fraction of sp³-hybridized carbons (Fsp3) is 0.353. The molecule has 0 bridgehead atoms. The van der Waals surface area contributed by atoms with Gasteiger partial charge in [-0.05, 0) is 31.0 Å². The zero-order chi connectivity index (χ0) is 33.9. The molecule has 48 heavy (non-hydrogen) atoms. The van der Waals surface area contributed by atoms with Gasteiger partial charge in [-0.2, -0.15) is 0 Å². The quantitative estimate of drug-likeness (QED) is 0.215. The van der Waals surface area contributed by atoms with Crippen molar-refractivity contribution in [3.63, 3.8) is 0 Å². The number of nitrogens with zero attached hydrogens (tertiary/aromatic N) is 3. The molecule has 0 radical (unpaired) electrons. The van der Waals surface area contributed by atoms with E-state index in [2.05, 4.69) is 26.1 Å². The maximum Gasteiger partial charge on any atom is 0.276 e. The smallest absolute Gasteiger partial charge is 0.276 e. The Labute approximate surface area is 275 Å². The van der Waals surface area contributed by atoms with Crippen LogP contribution in [0.1, 0.15) is 46.8 Å². The van der Waals surface area contributed by atoms with Crippen molar-refractivity contribution >= 4 is 40.4 Å². The number of amides is 5. The van der Waals surface area contributed by atoms with E-state index in [0.29, 0.717) is 11.3 Å². The van der Waals surface area contributed by atoms with Crippen LogP contribution in [-0.2, 0) is 25.6 Å². The normalized spacial score (nSPS) is 24.4. The number of fused-ring (bicyclic) bond motifs is 2. The van der Waals surface area contributed by atoms with Gasteiger partial charge in [-0.1, -0.05) is 53.7 Å². The highest BCUT2D eigenvalue weighted by atomic mass is 16.5. The molecule has 2 aromatic heterocycles. The van der Waals surface area contributed by atoms with Gasteiger partial charge in [-0.3, -0.25) is 24.0 Å². The molecule has 14 heteroatoms. The second-order valence-electron chi connectivity index (χ2n) is 12.3. The predicted octanol–water partition coefficient (Wildman–Crippen LogP) is 0.972. The van der Waals surface area contributed by atoms with Gasteiger partial charge >= 0.3 is 0 Å². The number of carbonyl (C=O) groups is 5. The van der Waals surface area contributed by atoms with Crippen LogP contribution in [0.4, 0.5) is 0 Å². The van der Waals surface area contributed by atoms with Crippen LogP contribution in [0.5, 0.6) is 0 Å². The van der Waals surface area contributed by atoms with Gasteiger partial charge in [0, 0.05) is 49.1 Å². The summed E-state index contributed by atoms with van der Waals surface area (Å²) >= 11 is 0. The van der Waals surface area contributed by atoms with Gasteiger partial charge in [0.2, 0.25) is 23.6 Å². The maximum absolute atomic E-state index is 14.2. The summed E-state index contributed by atoms with van der Waals surface area (Å²) in [7, 11) is 0. The minimum atomic E-state index is -1.16. The van der Waals surface area contributed by atoms with Crippen LogP contribution in [0, 0.1) is 6.92 Å². The first-order chi connectivity index (χ1) is 23.1. The number of aliphatic hydroxyl groups excluding tert-OH is 1. The van der Waals surface area contributed by atoms with Crippen molar-refractivity contribution in [1.29, 1.82) is 0 Å². The second-order valence-corrected chi connectivity index (χ2v) is 12.3. The Bertz CT molecular complexity index is 1840. The molecule has 2 saturated heterocycles. The molecule has 250 valence electrons. The third kappa shape index (κ3) is 6.93. The monoisotopic (exact) mass is 655 g/mol. The third-order valence-corrected chi connectivity index (χ3v) is 8.74. The third-order valence-electron chi connectivity index (χ3n) is 8.74. The molecule has 2 aliphatic rings. The van der Waals surface area contributed by atoms with Gasteiger partial charge in [0.1, 0.15) is 23.9 Å². The van der Waals surface area contributed by atoms with E-state index in [9.17, 15) is 29.1 Å². The van der Waals surface area contributed by atoms with Gasteiger partial charge in [-0.15, -0.1) is 0 Å². The minimum absolute atomic E-state index is 0.0303. The van der Waals surface area contributed by atoms with Crippen LogP contribution in [0.25, 0.3) is 10.9 Å². The summed E-state index contributed by atoms with van der Waals surface area (Å²) in [5.41, 5.74) is 2.22. The highest BCUT2D eigenvalue weighted by Crippen LogP contribution is 2.24. The molecule has 4 heterocycles. The van der Waals surface area contributed by atoms with Crippen LogP contribution < -0.4 is 16.0 Å². The topological polar surface area (TPSA) is 190 Å². The number of hydrogen-bond donors (Lipinski definition) is 5. The van der Waals surface area contributed by atoms with E-state index in [1.54, 1.807) is 37.4 Å². The van der Waals surface area contributed by atoms with Gasteiger partial charge in [-0.25, -0.2) is 0 Å². The summed E-state index contributed by atoms with van der Waals surface area (Å²) in [6.45, 7) is 2.38. The van der Waals surface area contributed by atoms with Crippen molar-refractivity contribution in [2.45, 2.75) is 57.0 Å². The number of aromatic amines is 1. The molecule has 4 aromatic rings. The maximum atomic E-state index is 14.2. The van der Waals surface area contributed by atoms with E-state index in [1.807, 2.05) is 30.3 Å². The van der Waals surface area contributed by atoms with E-state index in [0.717, 1.165) is 16.5 Å². The zero-order valence-electron chi connectivity index (χ0n) is 26.5. The summed E-state index contributed by atoms with van der Waals surface area (Å²) in [4.78, 5) is 74.6. The Hall–Kier alpha value is -5.50. The van der Waals surface area contributed by atoms with Gasteiger partial charge in [0.05, 0.1) is 18.7 Å². The second kappa shape index (κ2) is 13.7. The summed E-state index contributed by atoms with van der Waals surface area (Å²) < 4.78 is 5.13. The van der Waals surface area contributed by atoms with Gasteiger partial charge in [0.15, 0.2) is 5.69 Å². The summed E-state index contributed by atoms with van der Waals surface area (Å²) in [6, 6.07) is 13.8. The van der Waals surface area contributed by atoms with Crippen LogP contribution >= 0.6 is 0 Å². The SMILES string of the molecule is Cc1cc(C(=O)N2CC(=O)N[C@H](Cc3c[nH]c4ccccc34)C(=O)N3C[C@H](O)C[C@H]3C(=O)N[C@@H](C)C(=O)N[C@H](c3ccccc3)C2)no1. The van der Waals surface area contributed by atoms with Crippen LogP contribution in [0.2, 0.25) is 0 Å². The van der Waals surface area contributed by atoms with Crippen molar-refractivity contribution in [1.82, 2.24) is 35.9 Å². The van der Waals surface area contributed by atoms with Crippen molar-refractivity contribution in [3.8, 4) is 0 Å². The molecule has 2 aliphatic heterocycles. The molecule has 0 saturated carbocycles. The number of aromatic nitrogens is 2. The highest BCUT2D eigenvalue weighted by molar-refractivity contribution is 5.98. The van der Waals surface area contributed by atoms with E-state index < -0.39 is 66.4 Å². The Morgan fingerprint density at radius 1 is 0.979 bits per heavy atom. The molecule has 0 unspecified atom stereocenters. The number of para-hydroxylation sites is 1. The lowest BCUT2D eigenvalue weighted by Crippen LogP contribution is -2.56. The first-order valence-corrected chi connectivity index (χ1v) is 15.8. The lowest BCUT2D eigenvalue weighted by molar-refractivity contribution is -0.142. The Morgan fingerprint density at radius 3 is 2.48 bits per heavy atom. The number of nitrogens with one attached hydrogen (secondary N) is 4. The minimum Gasteiger partial charge on any atom is -0.391 e. The van der Waals surface area contributed by atoms with Crippen molar-refractivity contribution in [3.05, 3.63) is 89.4 Å². The molecule has 0 aliphatic carbocycles. The van der Waals surface area contributed by atoms with E-state index in [4.69, 9.17) is 4.52 Å². The molecule has 5 N–H and O–H groups in total. The van der Waals surface area contributed by atoms with Crippen molar-refractivity contribution in [2.24, 2.45) is 0 Å². The molecule has 0 spiro atoms. The zero-order valence-corrected chi connectivity index (χ0v) is 26.5. The molecule has 6 rings (SSSR count). The van der Waals surface area contributed by atoms with Crippen molar-refractivity contribution < 1.29 is 33.6 Å². The van der Waals surface area contributed by atoms with Crippen LogP contribution in [0.15, 0.2) is 71.4 Å². The molecular formula is C34H37N7O7. The largest absolute Gasteiger partial charge is 0.391 e. The molecule has 5 amide bonds. The van der Waals surface area contributed by atoms with Gasteiger partial charge < -0.3 is 40.4 Å². The van der Waals surface area contributed by atoms with Crippen molar-refractivity contribution in [2.75, 3.05) is 19.6 Å².